The van der Waals surface area contributed by atoms with Gasteiger partial charge in [-0.25, -0.2) is 4.79 Å². The van der Waals surface area contributed by atoms with Crippen molar-refractivity contribution in [1.29, 1.82) is 0 Å². The van der Waals surface area contributed by atoms with Gasteiger partial charge in [-0.2, -0.15) is 13.2 Å². The molecule has 6 nitrogen and oxygen atoms in total. The molecular weight excluding hydrogens is 379 g/mol. The van der Waals surface area contributed by atoms with Crippen LogP contribution in [0.15, 0.2) is 40.8 Å². The van der Waals surface area contributed by atoms with Crippen LogP contribution in [0.2, 0.25) is 0 Å². The first kappa shape index (κ1) is 19.9. The number of hydrogen-bond acceptors (Lipinski definition) is 5. The molecule has 0 bridgehead atoms. The summed E-state index contributed by atoms with van der Waals surface area (Å²) in [6, 6.07) is 9.81. The van der Waals surface area contributed by atoms with E-state index in [4.69, 9.17) is 9.52 Å². The number of aliphatic carboxylic acids is 1. The molecule has 1 aromatic carbocycles. The number of carboxylic acids is 1. The molecule has 1 N–H and O–H groups in total. The molecule has 0 radical (unpaired) electrons. The fourth-order valence-electron chi connectivity index (χ4n) is 3.32. The van der Waals surface area contributed by atoms with Gasteiger partial charge in [0.2, 0.25) is 0 Å². The SMILES string of the molecule is COC(=O)c1ccc(-c2ccc(CN3C[C@@H](C(F)(F)F)[C@H](C(=O)O)C3)o2)cc1. The zero-order valence-electron chi connectivity index (χ0n) is 14.9. The first-order valence-electron chi connectivity index (χ1n) is 8.48. The number of carbonyl (C=O) groups is 2. The molecule has 1 aliphatic rings. The van der Waals surface area contributed by atoms with Gasteiger partial charge >= 0.3 is 18.1 Å². The Kier molecular flexibility index (Phi) is 5.46. The lowest BCUT2D eigenvalue weighted by molar-refractivity contribution is -0.188. The molecule has 9 heteroatoms. The van der Waals surface area contributed by atoms with Crippen LogP contribution in [0.25, 0.3) is 11.3 Å². The summed E-state index contributed by atoms with van der Waals surface area (Å²) in [7, 11) is 1.28. The number of carboxylic acid groups (broad SMARTS) is 1. The number of ether oxygens (including phenoxy) is 1. The van der Waals surface area contributed by atoms with E-state index in [0.717, 1.165) is 0 Å². The lowest BCUT2D eigenvalue weighted by Gasteiger charge is -2.18. The molecule has 3 rings (SSSR count). The van der Waals surface area contributed by atoms with Gasteiger partial charge in [0.15, 0.2) is 0 Å². The molecule has 0 amide bonds. The summed E-state index contributed by atoms with van der Waals surface area (Å²) in [5.41, 5.74) is 1.07. The molecule has 150 valence electrons. The zero-order valence-corrected chi connectivity index (χ0v) is 14.9. The number of hydrogen-bond donors (Lipinski definition) is 1. The second-order valence-corrected chi connectivity index (χ2v) is 6.62. The molecule has 1 saturated heterocycles. The van der Waals surface area contributed by atoms with Crippen molar-refractivity contribution in [3.63, 3.8) is 0 Å². The van der Waals surface area contributed by atoms with Gasteiger partial charge < -0.3 is 14.3 Å². The highest BCUT2D eigenvalue weighted by atomic mass is 19.4. The zero-order chi connectivity index (χ0) is 20.5. The van der Waals surface area contributed by atoms with Gasteiger partial charge in [0.05, 0.1) is 31.1 Å². The van der Waals surface area contributed by atoms with E-state index < -0.39 is 30.0 Å². The van der Waals surface area contributed by atoms with E-state index in [0.29, 0.717) is 22.6 Å². The van der Waals surface area contributed by atoms with Crippen LogP contribution < -0.4 is 0 Å². The van der Waals surface area contributed by atoms with E-state index in [9.17, 15) is 22.8 Å². The Labute approximate surface area is 158 Å². The van der Waals surface area contributed by atoms with Crippen LogP contribution >= 0.6 is 0 Å². The van der Waals surface area contributed by atoms with Crippen LogP contribution in [0, 0.1) is 11.8 Å². The van der Waals surface area contributed by atoms with Crippen molar-refractivity contribution in [3.05, 3.63) is 47.7 Å². The average molecular weight is 397 g/mol. The maximum Gasteiger partial charge on any atom is 0.393 e. The van der Waals surface area contributed by atoms with Gasteiger partial charge in [0.25, 0.3) is 0 Å². The van der Waals surface area contributed by atoms with Gasteiger partial charge in [-0.3, -0.25) is 9.69 Å². The van der Waals surface area contributed by atoms with Crippen molar-refractivity contribution in [1.82, 2.24) is 4.90 Å². The number of rotatable bonds is 5. The highest BCUT2D eigenvalue weighted by Gasteiger charge is 2.52. The smallest absolute Gasteiger partial charge is 0.393 e. The molecule has 2 heterocycles. The number of methoxy groups -OCH3 is 1. The Morgan fingerprint density at radius 2 is 1.86 bits per heavy atom. The molecule has 1 aliphatic heterocycles. The van der Waals surface area contributed by atoms with Gasteiger partial charge in [0, 0.05) is 18.7 Å². The average Bonchev–Trinajstić information content (AvgIpc) is 3.28. The van der Waals surface area contributed by atoms with Crippen molar-refractivity contribution in [2.75, 3.05) is 20.2 Å². The first-order chi connectivity index (χ1) is 13.2. The maximum atomic E-state index is 13.1. The number of esters is 1. The lowest BCUT2D eigenvalue weighted by atomic mass is 9.96. The second kappa shape index (κ2) is 7.67. The van der Waals surface area contributed by atoms with Gasteiger partial charge in [-0.05, 0) is 24.3 Å². The summed E-state index contributed by atoms with van der Waals surface area (Å²) in [5.74, 6) is -4.37. The first-order valence-corrected chi connectivity index (χ1v) is 8.48. The van der Waals surface area contributed by atoms with E-state index in [1.165, 1.54) is 12.0 Å². The number of likely N-dealkylation sites (tertiary alicyclic amines) is 1. The number of alkyl halides is 3. The third kappa shape index (κ3) is 4.19. The number of carbonyl (C=O) groups excluding carboxylic acids is 1. The van der Waals surface area contributed by atoms with Crippen molar-refractivity contribution in [3.8, 4) is 11.3 Å². The lowest BCUT2D eigenvalue weighted by Crippen LogP contribution is -2.33. The Morgan fingerprint density at radius 3 is 2.39 bits per heavy atom. The summed E-state index contributed by atoms with van der Waals surface area (Å²) >= 11 is 0. The largest absolute Gasteiger partial charge is 0.481 e. The number of halogens is 3. The molecule has 0 aliphatic carbocycles. The molecule has 0 unspecified atom stereocenters. The number of furan rings is 1. The third-order valence-electron chi connectivity index (χ3n) is 4.76. The molecular formula is C19H18F3NO5. The highest BCUT2D eigenvalue weighted by molar-refractivity contribution is 5.89. The van der Waals surface area contributed by atoms with E-state index in [2.05, 4.69) is 4.74 Å². The monoisotopic (exact) mass is 397 g/mol. The van der Waals surface area contributed by atoms with Crippen molar-refractivity contribution in [2.24, 2.45) is 11.8 Å². The predicted octanol–water partition coefficient (Wildman–Crippen LogP) is 3.43. The maximum absolute atomic E-state index is 13.1. The van der Waals surface area contributed by atoms with E-state index in [1.54, 1.807) is 36.4 Å². The van der Waals surface area contributed by atoms with E-state index in [1.807, 2.05) is 0 Å². The van der Waals surface area contributed by atoms with E-state index >= 15 is 0 Å². The molecule has 2 atom stereocenters. The normalized spacial score (nSPS) is 20.3. The topological polar surface area (TPSA) is 80.0 Å². The molecule has 1 aromatic heterocycles. The van der Waals surface area contributed by atoms with Crippen LogP contribution in [-0.4, -0.2) is 48.3 Å². The summed E-state index contributed by atoms with van der Waals surface area (Å²) in [6.07, 6.45) is -4.56. The van der Waals surface area contributed by atoms with Gasteiger partial charge in [-0.1, -0.05) is 12.1 Å². The number of benzene rings is 1. The minimum Gasteiger partial charge on any atom is -0.481 e. The predicted molar refractivity (Wildman–Crippen MR) is 91.4 cm³/mol. The van der Waals surface area contributed by atoms with Crippen molar-refractivity contribution < 1.29 is 37.0 Å². The van der Waals surface area contributed by atoms with Crippen LogP contribution in [0.3, 0.4) is 0 Å². The van der Waals surface area contributed by atoms with Crippen LogP contribution in [-0.2, 0) is 16.1 Å². The molecule has 0 saturated carbocycles. The summed E-state index contributed by atoms with van der Waals surface area (Å²) < 4.78 is 49.5. The second-order valence-electron chi connectivity index (χ2n) is 6.62. The number of nitrogens with zero attached hydrogens (tertiary/aromatic N) is 1. The van der Waals surface area contributed by atoms with E-state index in [-0.39, 0.29) is 19.6 Å². The van der Waals surface area contributed by atoms with Crippen molar-refractivity contribution in [2.45, 2.75) is 12.7 Å². The van der Waals surface area contributed by atoms with Gasteiger partial charge in [0.1, 0.15) is 11.5 Å². The minimum absolute atomic E-state index is 0.0800. The molecule has 2 aromatic rings. The van der Waals surface area contributed by atoms with Crippen LogP contribution in [0.5, 0.6) is 0 Å². The third-order valence-corrected chi connectivity index (χ3v) is 4.76. The Morgan fingerprint density at radius 1 is 1.18 bits per heavy atom. The quantitative estimate of drug-likeness (QED) is 0.779. The van der Waals surface area contributed by atoms with Gasteiger partial charge in [-0.15, -0.1) is 0 Å². The fourth-order valence-corrected chi connectivity index (χ4v) is 3.32. The van der Waals surface area contributed by atoms with Crippen LogP contribution in [0.1, 0.15) is 16.1 Å². The Hall–Kier alpha value is -2.81. The highest BCUT2D eigenvalue weighted by Crippen LogP contribution is 2.38. The van der Waals surface area contributed by atoms with Crippen molar-refractivity contribution >= 4 is 11.9 Å². The summed E-state index contributed by atoms with van der Waals surface area (Å²) in [6.45, 7) is -0.496. The van der Waals surface area contributed by atoms with Crippen LogP contribution in [0.4, 0.5) is 13.2 Å². The molecule has 28 heavy (non-hydrogen) atoms. The summed E-state index contributed by atoms with van der Waals surface area (Å²) in [5, 5.41) is 9.08. The minimum atomic E-state index is -4.56. The fraction of sp³-hybridized carbons (Fsp3) is 0.368. The Balaban J connectivity index is 1.69. The standard InChI is InChI=1S/C19H18F3NO5/c1-27-18(26)12-4-2-11(3-5-12)16-7-6-13(28-16)8-23-9-14(17(24)25)15(10-23)19(20,21)22/h2-7,14-15H,8-10H2,1H3,(H,24,25)/t14-,15-/m1/s1. The molecule has 0 spiro atoms. The summed E-state index contributed by atoms with van der Waals surface area (Å²) in [4.78, 5) is 24.0. The Bertz CT molecular complexity index is 859. The molecule has 1 fully saturated rings.